The van der Waals surface area contributed by atoms with Crippen molar-refractivity contribution in [1.82, 2.24) is 0 Å². The average molecular weight is 420 g/mol. The summed E-state index contributed by atoms with van der Waals surface area (Å²) in [5, 5.41) is 0. The Labute approximate surface area is 138 Å². The first-order valence-electron chi connectivity index (χ1n) is 5.74. The zero-order chi connectivity index (χ0) is 14.7. The van der Waals surface area contributed by atoms with Gasteiger partial charge in [-0.2, -0.15) is 0 Å². The maximum Gasteiger partial charge on any atom is 0.169 e. The minimum Gasteiger partial charge on any atom is -0.493 e. The molecule has 1 aromatic carbocycles. The Bertz CT molecular complexity index is 637. The second-order valence-electron chi connectivity index (χ2n) is 4.03. The van der Waals surface area contributed by atoms with Gasteiger partial charge in [-0.25, -0.2) is 0 Å². The molecule has 0 unspecified atom stereocenters. The molecule has 2 aromatic rings. The first-order valence-corrected chi connectivity index (χ1v) is 8.14. The van der Waals surface area contributed by atoms with Crippen molar-refractivity contribution >= 4 is 49.0 Å². The molecule has 20 heavy (non-hydrogen) atoms. The van der Waals surface area contributed by atoms with Crippen molar-refractivity contribution in [3.05, 3.63) is 43.0 Å². The molecule has 0 N–H and O–H groups in total. The monoisotopic (exact) mass is 418 g/mol. The standard InChI is InChI=1S/C14H12Br2O3S/c1-18-11-4-3-8(6-12(11)19-2)5-10(17)9-7-13(15)20-14(9)16/h3-4,6-7H,5H2,1-2H3. The first-order chi connectivity index (χ1) is 9.55. The molecular weight excluding hydrogens is 408 g/mol. The van der Waals surface area contributed by atoms with E-state index in [9.17, 15) is 4.79 Å². The lowest BCUT2D eigenvalue weighted by Crippen LogP contribution is -2.03. The van der Waals surface area contributed by atoms with Crippen molar-refractivity contribution in [3.63, 3.8) is 0 Å². The van der Waals surface area contributed by atoms with E-state index in [1.807, 2.05) is 18.2 Å². The third-order valence-corrected chi connectivity index (χ3v) is 5.11. The van der Waals surface area contributed by atoms with Crippen LogP contribution in [0.4, 0.5) is 0 Å². The number of carbonyl (C=O) groups excluding carboxylic acids is 1. The maximum absolute atomic E-state index is 12.3. The van der Waals surface area contributed by atoms with Gasteiger partial charge in [0.1, 0.15) is 0 Å². The third-order valence-electron chi connectivity index (χ3n) is 2.77. The van der Waals surface area contributed by atoms with E-state index in [0.29, 0.717) is 23.5 Å². The SMILES string of the molecule is COc1ccc(CC(=O)c2cc(Br)sc2Br)cc1OC. The maximum atomic E-state index is 12.3. The normalized spacial score (nSPS) is 10.4. The van der Waals surface area contributed by atoms with Crippen LogP contribution in [-0.4, -0.2) is 20.0 Å². The van der Waals surface area contributed by atoms with Gasteiger partial charge in [-0.1, -0.05) is 6.07 Å². The number of rotatable bonds is 5. The summed E-state index contributed by atoms with van der Waals surface area (Å²) in [7, 11) is 3.17. The second kappa shape index (κ2) is 6.74. The summed E-state index contributed by atoms with van der Waals surface area (Å²) in [6.07, 6.45) is 0.322. The van der Waals surface area contributed by atoms with E-state index in [0.717, 1.165) is 13.1 Å². The largest absolute Gasteiger partial charge is 0.493 e. The minimum atomic E-state index is 0.0612. The first kappa shape index (κ1) is 15.5. The Kier molecular flexibility index (Phi) is 5.23. The summed E-state index contributed by atoms with van der Waals surface area (Å²) < 4.78 is 12.2. The Morgan fingerprint density at radius 2 is 1.85 bits per heavy atom. The lowest BCUT2D eigenvalue weighted by molar-refractivity contribution is 0.0992. The Morgan fingerprint density at radius 1 is 1.15 bits per heavy atom. The molecular formula is C14H12Br2O3S. The van der Waals surface area contributed by atoms with Gasteiger partial charge in [0.2, 0.25) is 0 Å². The highest BCUT2D eigenvalue weighted by Gasteiger charge is 2.15. The van der Waals surface area contributed by atoms with E-state index >= 15 is 0 Å². The van der Waals surface area contributed by atoms with Gasteiger partial charge in [0.05, 0.1) is 21.8 Å². The van der Waals surface area contributed by atoms with Gasteiger partial charge in [-0.15, -0.1) is 11.3 Å². The van der Waals surface area contributed by atoms with Crippen molar-refractivity contribution in [2.75, 3.05) is 14.2 Å². The second-order valence-corrected chi connectivity index (χ2v) is 7.78. The molecule has 0 fully saturated rings. The van der Waals surface area contributed by atoms with Crippen LogP contribution in [0.15, 0.2) is 31.8 Å². The highest BCUT2D eigenvalue weighted by atomic mass is 79.9. The summed E-state index contributed by atoms with van der Waals surface area (Å²) in [5.74, 6) is 1.34. The fraction of sp³-hybridized carbons (Fsp3) is 0.214. The van der Waals surface area contributed by atoms with E-state index < -0.39 is 0 Å². The smallest absolute Gasteiger partial charge is 0.169 e. The Hall–Kier alpha value is -0.850. The van der Waals surface area contributed by atoms with Gasteiger partial charge in [0.25, 0.3) is 0 Å². The van der Waals surface area contributed by atoms with Crippen LogP contribution in [0, 0.1) is 0 Å². The lowest BCUT2D eigenvalue weighted by atomic mass is 10.0. The molecule has 1 aromatic heterocycles. The van der Waals surface area contributed by atoms with Crippen LogP contribution in [0.2, 0.25) is 0 Å². The van der Waals surface area contributed by atoms with E-state index in [-0.39, 0.29) is 5.78 Å². The molecule has 1 heterocycles. The van der Waals surface area contributed by atoms with E-state index in [1.54, 1.807) is 20.3 Å². The Morgan fingerprint density at radius 3 is 2.40 bits per heavy atom. The number of hydrogen-bond donors (Lipinski definition) is 0. The molecule has 106 valence electrons. The number of hydrogen-bond acceptors (Lipinski definition) is 4. The van der Waals surface area contributed by atoms with E-state index in [2.05, 4.69) is 31.9 Å². The summed E-state index contributed by atoms with van der Waals surface area (Å²) in [5.41, 5.74) is 1.58. The molecule has 0 amide bonds. The van der Waals surface area contributed by atoms with E-state index in [4.69, 9.17) is 9.47 Å². The molecule has 2 rings (SSSR count). The fourth-order valence-electron chi connectivity index (χ4n) is 1.80. The quantitative estimate of drug-likeness (QED) is 0.658. The molecule has 0 aliphatic rings. The number of halogens is 2. The van der Waals surface area contributed by atoms with Crippen LogP contribution < -0.4 is 9.47 Å². The number of benzene rings is 1. The lowest BCUT2D eigenvalue weighted by Gasteiger charge is -2.09. The molecule has 0 radical (unpaired) electrons. The molecule has 0 bridgehead atoms. The highest BCUT2D eigenvalue weighted by Crippen LogP contribution is 2.33. The number of ether oxygens (including phenoxy) is 2. The molecule has 0 aliphatic carbocycles. The summed E-state index contributed by atoms with van der Waals surface area (Å²) in [6.45, 7) is 0. The fourth-order valence-corrected chi connectivity index (χ4v) is 4.66. The molecule has 6 heteroatoms. The predicted molar refractivity (Wildman–Crippen MR) is 87.3 cm³/mol. The molecule has 0 saturated carbocycles. The van der Waals surface area contributed by atoms with Crippen molar-refractivity contribution in [2.24, 2.45) is 0 Å². The number of methoxy groups -OCH3 is 2. The van der Waals surface area contributed by atoms with Gasteiger partial charge >= 0.3 is 0 Å². The van der Waals surface area contributed by atoms with Gasteiger partial charge in [0, 0.05) is 12.0 Å². The zero-order valence-electron chi connectivity index (χ0n) is 10.9. The molecule has 0 atom stereocenters. The van der Waals surface area contributed by atoms with Gasteiger partial charge in [-0.3, -0.25) is 4.79 Å². The number of carbonyl (C=O) groups is 1. The van der Waals surface area contributed by atoms with E-state index in [1.165, 1.54) is 11.3 Å². The van der Waals surface area contributed by atoms with Gasteiger partial charge in [-0.05, 0) is 55.6 Å². The number of thiophene rings is 1. The topological polar surface area (TPSA) is 35.5 Å². The van der Waals surface area contributed by atoms with Gasteiger partial charge in [0.15, 0.2) is 17.3 Å². The van der Waals surface area contributed by atoms with Crippen LogP contribution >= 0.6 is 43.2 Å². The summed E-state index contributed by atoms with van der Waals surface area (Å²) in [4.78, 5) is 12.3. The van der Waals surface area contributed by atoms with Crippen molar-refractivity contribution < 1.29 is 14.3 Å². The minimum absolute atomic E-state index is 0.0612. The van der Waals surface area contributed by atoms with Crippen molar-refractivity contribution in [1.29, 1.82) is 0 Å². The highest BCUT2D eigenvalue weighted by molar-refractivity contribution is 9.12. The van der Waals surface area contributed by atoms with Crippen LogP contribution in [0.5, 0.6) is 11.5 Å². The number of ketones is 1. The van der Waals surface area contributed by atoms with Gasteiger partial charge < -0.3 is 9.47 Å². The molecule has 0 spiro atoms. The predicted octanol–water partition coefficient (Wildman–Crippen LogP) is 4.72. The molecule has 3 nitrogen and oxygen atoms in total. The van der Waals surface area contributed by atoms with Crippen LogP contribution in [-0.2, 0) is 6.42 Å². The van der Waals surface area contributed by atoms with Crippen LogP contribution in [0.1, 0.15) is 15.9 Å². The van der Waals surface area contributed by atoms with Crippen molar-refractivity contribution in [3.8, 4) is 11.5 Å². The summed E-state index contributed by atoms with van der Waals surface area (Å²) in [6, 6.07) is 7.33. The summed E-state index contributed by atoms with van der Waals surface area (Å²) >= 11 is 8.27. The van der Waals surface area contributed by atoms with Crippen LogP contribution in [0.25, 0.3) is 0 Å². The third kappa shape index (κ3) is 3.42. The molecule has 0 saturated heterocycles. The zero-order valence-corrected chi connectivity index (χ0v) is 14.9. The average Bonchev–Trinajstić information content (AvgIpc) is 2.77. The number of Topliss-reactive ketones (excluding diaryl/α,β-unsaturated/α-hetero) is 1. The van der Waals surface area contributed by atoms with Crippen LogP contribution in [0.3, 0.4) is 0 Å². The Balaban J connectivity index is 2.22. The molecule has 0 aliphatic heterocycles. The van der Waals surface area contributed by atoms with Crippen molar-refractivity contribution in [2.45, 2.75) is 6.42 Å².